The van der Waals surface area contributed by atoms with E-state index in [1.165, 1.54) is 26.4 Å². The van der Waals surface area contributed by atoms with Crippen molar-refractivity contribution in [3.8, 4) is 11.5 Å². The maximum atomic E-state index is 13.6. The fourth-order valence-electron chi connectivity index (χ4n) is 4.74. The topological polar surface area (TPSA) is 137 Å². The normalized spacial score (nSPS) is 19.6. The summed E-state index contributed by atoms with van der Waals surface area (Å²) >= 11 is 1.58. The summed E-state index contributed by atoms with van der Waals surface area (Å²) in [6.45, 7) is 1.89. The van der Waals surface area contributed by atoms with E-state index in [4.69, 9.17) is 14.2 Å². The maximum absolute atomic E-state index is 13.6. The van der Waals surface area contributed by atoms with Gasteiger partial charge >= 0.3 is 11.7 Å². The lowest BCUT2D eigenvalue weighted by molar-refractivity contribution is -0.386. The maximum Gasteiger partial charge on any atom is 0.336 e. The fraction of sp³-hybridized carbons (Fsp3) is 0.360. The van der Waals surface area contributed by atoms with E-state index >= 15 is 0 Å². The Hall–Kier alpha value is -3.70. The molecule has 0 unspecified atom stereocenters. The molecule has 2 N–H and O–H groups in total. The summed E-state index contributed by atoms with van der Waals surface area (Å²) in [5.74, 6) is -2.57. The Kier molecular flexibility index (Phi) is 7.41. The second kappa shape index (κ2) is 10.5. The van der Waals surface area contributed by atoms with E-state index in [1.807, 2.05) is 17.5 Å². The predicted octanol–water partition coefficient (Wildman–Crippen LogP) is 3.92. The number of carbonyl (C=O) groups excluding carboxylic acids is 2. The number of nitrogens with one attached hydrogen (secondary N) is 1. The van der Waals surface area contributed by atoms with E-state index in [-0.39, 0.29) is 48.2 Å². The molecule has 1 aliphatic carbocycles. The van der Waals surface area contributed by atoms with E-state index < -0.39 is 28.2 Å². The molecule has 1 aromatic carbocycles. The summed E-state index contributed by atoms with van der Waals surface area (Å²) in [4.78, 5) is 38.8. The van der Waals surface area contributed by atoms with Crippen LogP contribution in [-0.2, 0) is 19.1 Å². The molecular weight excluding hydrogens is 488 g/mol. The van der Waals surface area contributed by atoms with Gasteiger partial charge in [-0.25, -0.2) is 4.79 Å². The number of ketones is 1. The summed E-state index contributed by atoms with van der Waals surface area (Å²) < 4.78 is 15.5. The first-order valence-corrected chi connectivity index (χ1v) is 12.1. The Labute approximate surface area is 211 Å². The van der Waals surface area contributed by atoms with Crippen LogP contribution in [0, 0.1) is 10.1 Å². The van der Waals surface area contributed by atoms with E-state index in [0.29, 0.717) is 23.4 Å². The average molecular weight is 515 g/mol. The lowest BCUT2D eigenvalue weighted by Gasteiger charge is -2.36. The van der Waals surface area contributed by atoms with Crippen molar-refractivity contribution in [1.82, 2.24) is 5.32 Å². The number of hydrogen-bond donors (Lipinski definition) is 2. The number of phenols is 1. The Bertz CT molecular complexity index is 1270. The molecule has 0 bridgehead atoms. The molecule has 2 aromatic rings. The van der Waals surface area contributed by atoms with Crippen molar-refractivity contribution >= 4 is 28.8 Å². The second-order valence-corrected chi connectivity index (χ2v) is 9.49. The van der Waals surface area contributed by atoms with Crippen molar-refractivity contribution in [3.63, 3.8) is 0 Å². The predicted molar refractivity (Wildman–Crippen MR) is 131 cm³/mol. The van der Waals surface area contributed by atoms with E-state index in [1.54, 1.807) is 18.3 Å². The van der Waals surface area contributed by atoms with Gasteiger partial charge in [0, 0.05) is 53.3 Å². The van der Waals surface area contributed by atoms with Gasteiger partial charge in [0.05, 0.1) is 24.2 Å². The molecule has 0 saturated heterocycles. The zero-order valence-corrected chi connectivity index (χ0v) is 20.8. The van der Waals surface area contributed by atoms with Crippen LogP contribution >= 0.6 is 11.3 Å². The average Bonchev–Trinajstić information content (AvgIpc) is 3.38. The van der Waals surface area contributed by atoms with Crippen LogP contribution in [0.15, 0.2) is 52.2 Å². The standard InChI is InChI=1S/C25H26N2O8S/c1-13-21(25(30)35-7-6-33-2)22(15-10-17(27(31)32)24(29)19(12-15)34-3)23-16(26-13)9-14(11-18(23)28)20-5-4-8-36-20/h4-5,8,10,12,14,22,26,29H,6-7,9,11H2,1-3H3/t14-,22+/m1/s1. The number of nitro groups is 1. The van der Waals surface area contributed by atoms with Crippen molar-refractivity contribution < 1.29 is 33.8 Å². The SMILES string of the molecule is COCCOC(=O)C1=C(C)NC2=C(C(=O)C[C@H](c3cccs3)C2)[C@H]1c1cc(OC)c(O)c([N+](=O)[O-])c1. The van der Waals surface area contributed by atoms with E-state index in [2.05, 4.69) is 5.32 Å². The summed E-state index contributed by atoms with van der Waals surface area (Å²) in [7, 11) is 2.75. The summed E-state index contributed by atoms with van der Waals surface area (Å²) in [6, 6.07) is 6.51. The third-order valence-corrected chi connectivity index (χ3v) is 7.38. The summed E-state index contributed by atoms with van der Waals surface area (Å²) in [5, 5.41) is 27.2. The minimum absolute atomic E-state index is 0.00180. The summed E-state index contributed by atoms with van der Waals surface area (Å²) in [6.07, 6.45) is 0.776. The molecular formula is C25H26N2O8S. The van der Waals surface area contributed by atoms with Gasteiger partial charge in [0.1, 0.15) is 6.61 Å². The van der Waals surface area contributed by atoms with Crippen molar-refractivity contribution in [3.05, 3.63) is 72.7 Å². The molecule has 1 aliphatic heterocycles. The van der Waals surface area contributed by atoms with Gasteiger partial charge < -0.3 is 24.6 Å². The van der Waals surface area contributed by atoms with Crippen LogP contribution in [0.25, 0.3) is 0 Å². The first-order valence-electron chi connectivity index (χ1n) is 11.3. The lowest BCUT2D eigenvalue weighted by Crippen LogP contribution is -2.36. The number of ether oxygens (including phenoxy) is 3. The molecule has 0 saturated carbocycles. The third kappa shape index (κ3) is 4.71. The van der Waals surface area contributed by atoms with Crippen molar-refractivity contribution in [2.24, 2.45) is 0 Å². The van der Waals surface area contributed by atoms with Crippen LogP contribution in [0.5, 0.6) is 11.5 Å². The van der Waals surface area contributed by atoms with Gasteiger partial charge in [0.25, 0.3) is 0 Å². The number of nitro benzene ring substituents is 1. The Morgan fingerprint density at radius 1 is 1.28 bits per heavy atom. The molecule has 2 aliphatic rings. The molecule has 2 atom stereocenters. The number of hydrogen-bond acceptors (Lipinski definition) is 10. The molecule has 2 heterocycles. The van der Waals surface area contributed by atoms with Gasteiger partial charge in [-0.3, -0.25) is 14.9 Å². The second-order valence-electron chi connectivity index (χ2n) is 8.51. The van der Waals surface area contributed by atoms with Crippen LogP contribution in [0.3, 0.4) is 0 Å². The number of aromatic hydroxyl groups is 1. The third-order valence-electron chi connectivity index (χ3n) is 6.34. The largest absolute Gasteiger partial charge is 0.500 e. The van der Waals surface area contributed by atoms with Crippen LogP contribution in [0.1, 0.15) is 42.0 Å². The van der Waals surface area contributed by atoms with Gasteiger partial charge in [0.2, 0.25) is 5.75 Å². The molecule has 0 spiro atoms. The molecule has 190 valence electrons. The van der Waals surface area contributed by atoms with Crippen molar-refractivity contribution in [1.29, 1.82) is 0 Å². The quantitative estimate of drug-likeness (QED) is 0.232. The molecule has 1 aromatic heterocycles. The first kappa shape index (κ1) is 25.4. The van der Waals surface area contributed by atoms with E-state index in [9.17, 15) is 24.8 Å². The molecule has 36 heavy (non-hydrogen) atoms. The zero-order chi connectivity index (χ0) is 26.0. The van der Waals surface area contributed by atoms with E-state index in [0.717, 1.165) is 4.88 Å². The number of methoxy groups -OCH3 is 2. The Balaban J connectivity index is 1.86. The number of dihydropyridines is 1. The van der Waals surface area contributed by atoms with Gasteiger partial charge in [-0.05, 0) is 36.4 Å². The number of nitrogens with zero attached hydrogens (tertiary/aromatic N) is 1. The highest BCUT2D eigenvalue weighted by molar-refractivity contribution is 7.10. The van der Waals surface area contributed by atoms with Crippen LogP contribution < -0.4 is 10.1 Å². The fourth-order valence-corrected chi connectivity index (χ4v) is 5.57. The molecule has 0 fully saturated rings. The monoisotopic (exact) mass is 514 g/mol. The zero-order valence-electron chi connectivity index (χ0n) is 20.0. The summed E-state index contributed by atoms with van der Waals surface area (Å²) in [5.41, 5.74) is 1.34. The number of rotatable bonds is 8. The number of benzene rings is 1. The number of carbonyl (C=O) groups is 2. The van der Waals surface area contributed by atoms with Gasteiger partial charge in [-0.1, -0.05) is 6.07 Å². The Morgan fingerprint density at radius 2 is 2.06 bits per heavy atom. The lowest BCUT2D eigenvalue weighted by atomic mass is 9.72. The number of esters is 1. The highest BCUT2D eigenvalue weighted by atomic mass is 32.1. The highest BCUT2D eigenvalue weighted by Crippen LogP contribution is 2.49. The van der Waals surface area contributed by atoms with Crippen LogP contribution in [0.4, 0.5) is 5.69 Å². The van der Waals surface area contributed by atoms with Crippen molar-refractivity contribution in [2.75, 3.05) is 27.4 Å². The minimum Gasteiger partial charge on any atom is -0.500 e. The van der Waals surface area contributed by atoms with Crippen LogP contribution in [-0.4, -0.2) is 49.2 Å². The molecule has 4 rings (SSSR count). The number of thiophene rings is 1. The Morgan fingerprint density at radius 3 is 2.69 bits per heavy atom. The van der Waals surface area contributed by atoms with Gasteiger partial charge in [0.15, 0.2) is 11.5 Å². The number of phenolic OH excluding ortho intramolecular Hbond substituents is 1. The smallest absolute Gasteiger partial charge is 0.336 e. The van der Waals surface area contributed by atoms with Crippen molar-refractivity contribution in [2.45, 2.75) is 31.6 Å². The number of allylic oxidation sites excluding steroid dienone is 3. The van der Waals surface area contributed by atoms with Gasteiger partial charge in [-0.15, -0.1) is 11.3 Å². The molecule has 0 radical (unpaired) electrons. The first-order chi connectivity index (χ1) is 17.3. The molecule has 11 heteroatoms. The van der Waals surface area contributed by atoms with Gasteiger partial charge in [-0.2, -0.15) is 0 Å². The molecule has 0 amide bonds. The molecule has 10 nitrogen and oxygen atoms in total. The minimum atomic E-state index is -0.943. The highest BCUT2D eigenvalue weighted by Gasteiger charge is 2.42. The number of Topliss-reactive ketones (excluding diaryl/α,β-unsaturated/α-hetero) is 1. The van der Waals surface area contributed by atoms with Crippen LogP contribution in [0.2, 0.25) is 0 Å².